The van der Waals surface area contributed by atoms with Crippen molar-refractivity contribution < 1.29 is 8.42 Å². The van der Waals surface area contributed by atoms with Gasteiger partial charge < -0.3 is 5.32 Å². The van der Waals surface area contributed by atoms with E-state index in [9.17, 15) is 8.42 Å². The summed E-state index contributed by atoms with van der Waals surface area (Å²) in [6.45, 7) is 1.52. The molecule has 78 valence electrons. The van der Waals surface area contributed by atoms with Crippen LogP contribution in [0.1, 0.15) is 25.7 Å². The highest BCUT2D eigenvalue weighted by molar-refractivity contribution is 7.92. The highest BCUT2D eigenvalue weighted by Gasteiger charge is 2.48. The smallest absolute Gasteiger partial charge is 0.157 e. The quantitative estimate of drug-likeness (QED) is 0.662. The van der Waals surface area contributed by atoms with Gasteiger partial charge in [-0.1, -0.05) is 6.42 Å². The number of halogens is 1. The van der Waals surface area contributed by atoms with Gasteiger partial charge in [0.25, 0.3) is 0 Å². The second-order valence-corrected chi connectivity index (χ2v) is 6.36. The summed E-state index contributed by atoms with van der Waals surface area (Å²) in [4.78, 5) is 0. The topological polar surface area (TPSA) is 46.2 Å². The van der Waals surface area contributed by atoms with Gasteiger partial charge in [0.1, 0.15) is 0 Å². The van der Waals surface area contributed by atoms with Crippen LogP contribution in [0.2, 0.25) is 0 Å². The van der Waals surface area contributed by atoms with E-state index in [-0.39, 0.29) is 17.2 Å². The molecule has 0 radical (unpaired) electrons. The van der Waals surface area contributed by atoms with E-state index in [1.165, 1.54) is 0 Å². The van der Waals surface area contributed by atoms with Gasteiger partial charge in [-0.15, -0.1) is 12.4 Å². The molecule has 2 aliphatic rings. The predicted octanol–water partition coefficient (Wildman–Crippen LogP) is 0.739. The molecule has 1 spiro atoms. The predicted molar refractivity (Wildman–Crippen MR) is 55.1 cm³/mol. The van der Waals surface area contributed by atoms with Crippen LogP contribution < -0.4 is 5.32 Å². The maximum absolute atomic E-state index is 11.8. The van der Waals surface area contributed by atoms with Crippen molar-refractivity contribution in [3.8, 4) is 0 Å². The summed E-state index contributed by atoms with van der Waals surface area (Å²) >= 11 is 0. The van der Waals surface area contributed by atoms with E-state index in [0.717, 1.165) is 32.2 Å². The van der Waals surface area contributed by atoms with E-state index in [4.69, 9.17) is 0 Å². The van der Waals surface area contributed by atoms with Crippen molar-refractivity contribution >= 4 is 22.2 Å². The lowest BCUT2D eigenvalue weighted by molar-refractivity contribution is 0.321. The number of hydrogen-bond donors (Lipinski definition) is 1. The number of rotatable bonds is 0. The third-order valence-corrected chi connectivity index (χ3v) is 5.90. The molecule has 0 aromatic carbocycles. The maximum Gasteiger partial charge on any atom is 0.157 e. The Morgan fingerprint density at radius 3 is 2.31 bits per heavy atom. The first kappa shape index (κ1) is 11.3. The molecule has 3 nitrogen and oxygen atoms in total. The molecular weight excluding hydrogens is 210 g/mol. The number of sulfone groups is 1. The molecule has 0 aromatic heterocycles. The summed E-state index contributed by atoms with van der Waals surface area (Å²) in [5, 5.41) is 3.15. The lowest BCUT2D eigenvalue weighted by Gasteiger charge is -2.39. The van der Waals surface area contributed by atoms with E-state index < -0.39 is 9.84 Å². The fourth-order valence-electron chi connectivity index (χ4n) is 2.15. The van der Waals surface area contributed by atoms with Crippen molar-refractivity contribution in [2.24, 2.45) is 0 Å². The highest BCUT2D eigenvalue weighted by Crippen LogP contribution is 2.42. The van der Waals surface area contributed by atoms with Crippen LogP contribution in [0.3, 0.4) is 0 Å². The van der Waals surface area contributed by atoms with Crippen LogP contribution in [-0.4, -0.2) is 32.0 Å². The summed E-state index contributed by atoms with van der Waals surface area (Å²) in [7, 11) is -2.79. The van der Waals surface area contributed by atoms with Gasteiger partial charge in [0, 0.05) is 6.54 Å². The van der Waals surface area contributed by atoms with Gasteiger partial charge in [-0.3, -0.25) is 0 Å². The minimum absolute atomic E-state index is 0. The van der Waals surface area contributed by atoms with Crippen LogP contribution in [0.4, 0.5) is 0 Å². The average molecular weight is 226 g/mol. The Morgan fingerprint density at radius 1 is 1.08 bits per heavy atom. The molecular formula is C8H16ClNO2S. The molecule has 2 rings (SSSR count). The SMILES string of the molecule is Cl.O=S1(=O)CCNCCC12CCC2. The molecule has 0 amide bonds. The fraction of sp³-hybridized carbons (Fsp3) is 1.00. The second kappa shape index (κ2) is 3.75. The highest BCUT2D eigenvalue weighted by atomic mass is 35.5. The van der Waals surface area contributed by atoms with Crippen LogP contribution >= 0.6 is 12.4 Å². The molecule has 5 heteroatoms. The molecule has 1 saturated carbocycles. The monoisotopic (exact) mass is 225 g/mol. The Hall–Kier alpha value is 0.200. The Kier molecular flexibility index (Phi) is 3.25. The first-order valence-electron chi connectivity index (χ1n) is 4.59. The molecule has 1 aliphatic carbocycles. The van der Waals surface area contributed by atoms with Crippen LogP contribution in [0.15, 0.2) is 0 Å². The van der Waals surface area contributed by atoms with E-state index >= 15 is 0 Å². The van der Waals surface area contributed by atoms with Crippen molar-refractivity contribution in [3.05, 3.63) is 0 Å². The Morgan fingerprint density at radius 2 is 1.77 bits per heavy atom. The zero-order valence-corrected chi connectivity index (χ0v) is 9.22. The molecule has 0 aromatic rings. The Bertz CT molecular complexity index is 272. The van der Waals surface area contributed by atoms with Crippen molar-refractivity contribution in [1.82, 2.24) is 5.32 Å². The molecule has 1 N–H and O–H groups in total. The van der Waals surface area contributed by atoms with Crippen LogP contribution in [0.5, 0.6) is 0 Å². The molecule has 13 heavy (non-hydrogen) atoms. The van der Waals surface area contributed by atoms with Crippen LogP contribution in [0.25, 0.3) is 0 Å². The first-order valence-corrected chi connectivity index (χ1v) is 6.25. The van der Waals surface area contributed by atoms with Gasteiger partial charge in [-0.05, 0) is 25.8 Å². The van der Waals surface area contributed by atoms with E-state index in [2.05, 4.69) is 5.32 Å². The molecule has 2 fully saturated rings. The zero-order chi connectivity index (χ0) is 8.66. The van der Waals surface area contributed by atoms with Gasteiger partial charge in [-0.25, -0.2) is 8.42 Å². The summed E-state index contributed by atoms with van der Waals surface area (Å²) < 4.78 is 23.2. The van der Waals surface area contributed by atoms with Gasteiger partial charge >= 0.3 is 0 Å². The third kappa shape index (κ3) is 1.72. The van der Waals surface area contributed by atoms with Crippen LogP contribution in [-0.2, 0) is 9.84 Å². The molecule has 1 heterocycles. The van der Waals surface area contributed by atoms with Crippen molar-refractivity contribution in [2.45, 2.75) is 30.4 Å². The average Bonchev–Trinajstić information content (AvgIpc) is 2.05. The third-order valence-electron chi connectivity index (χ3n) is 3.23. The van der Waals surface area contributed by atoms with E-state index in [0.29, 0.717) is 12.3 Å². The molecule has 1 saturated heterocycles. The van der Waals surface area contributed by atoms with Crippen molar-refractivity contribution in [3.63, 3.8) is 0 Å². The molecule has 0 bridgehead atoms. The number of nitrogens with one attached hydrogen (secondary N) is 1. The van der Waals surface area contributed by atoms with Crippen molar-refractivity contribution in [2.75, 3.05) is 18.8 Å². The van der Waals surface area contributed by atoms with Gasteiger partial charge in [0.05, 0.1) is 10.5 Å². The van der Waals surface area contributed by atoms with E-state index in [1.807, 2.05) is 0 Å². The maximum atomic E-state index is 11.8. The summed E-state index contributed by atoms with van der Waals surface area (Å²) in [5.74, 6) is 0.340. The second-order valence-electron chi connectivity index (χ2n) is 3.86. The lowest BCUT2D eigenvalue weighted by Crippen LogP contribution is -2.46. The molecule has 0 atom stereocenters. The lowest BCUT2D eigenvalue weighted by atomic mass is 9.82. The summed E-state index contributed by atoms with van der Waals surface area (Å²) in [6, 6.07) is 0. The minimum Gasteiger partial charge on any atom is -0.316 e. The largest absolute Gasteiger partial charge is 0.316 e. The fourth-order valence-corrected chi connectivity index (χ4v) is 4.32. The first-order chi connectivity index (χ1) is 5.66. The van der Waals surface area contributed by atoms with Crippen LogP contribution in [0, 0.1) is 0 Å². The van der Waals surface area contributed by atoms with E-state index in [1.54, 1.807) is 0 Å². The molecule has 1 aliphatic heterocycles. The molecule has 0 unspecified atom stereocenters. The summed E-state index contributed by atoms with van der Waals surface area (Å²) in [6.07, 6.45) is 3.72. The van der Waals surface area contributed by atoms with Crippen molar-refractivity contribution in [1.29, 1.82) is 0 Å². The van der Waals surface area contributed by atoms with Gasteiger partial charge in [0.15, 0.2) is 9.84 Å². The minimum atomic E-state index is -2.79. The van der Waals surface area contributed by atoms with Gasteiger partial charge in [0.2, 0.25) is 0 Å². The Balaban J connectivity index is 0.000000845. The Labute approximate surface area is 85.6 Å². The number of hydrogen-bond acceptors (Lipinski definition) is 3. The summed E-state index contributed by atoms with van der Waals surface area (Å²) in [5.41, 5.74) is 0. The normalized spacial score (nSPS) is 29.8. The zero-order valence-electron chi connectivity index (χ0n) is 7.58. The van der Waals surface area contributed by atoms with Gasteiger partial charge in [-0.2, -0.15) is 0 Å². The standard InChI is InChI=1S/C8H15NO2S.ClH/c10-12(11)7-6-9-5-4-8(12)2-1-3-8;/h9H,1-7H2;1H.